The third-order valence-electron chi connectivity index (χ3n) is 2.16. The number of benzene rings is 1. The Kier molecular flexibility index (Phi) is 2.91. The predicted molar refractivity (Wildman–Crippen MR) is 59.1 cm³/mol. The molecule has 0 bridgehead atoms. The fourth-order valence-electron chi connectivity index (χ4n) is 1.41. The molecule has 0 aliphatic carbocycles. The van der Waals surface area contributed by atoms with Crippen LogP contribution in [-0.4, -0.2) is 16.5 Å². The van der Waals surface area contributed by atoms with Gasteiger partial charge in [-0.25, -0.2) is 4.39 Å². The molecule has 1 aromatic heterocycles. The monoisotopic (exact) mass is 216 g/mol. The largest absolute Gasteiger partial charge is 0.299 e. The van der Waals surface area contributed by atoms with Crippen LogP contribution < -0.4 is 0 Å². The van der Waals surface area contributed by atoms with E-state index in [2.05, 4.69) is 10.2 Å². The third kappa shape index (κ3) is 2.06. The summed E-state index contributed by atoms with van der Waals surface area (Å²) in [5.41, 5.74) is 2.38. The standard InChI is InChI=1S/C12H9FN2O/c13-11-5-3-9(4-6-11)12-10(2-1-7-16)8-14-15-12/h1-8H,(H,14,15). The van der Waals surface area contributed by atoms with Crippen molar-refractivity contribution in [2.24, 2.45) is 0 Å². The van der Waals surface area contributed by atoms with Crippen molar-refractivity contribution in [3.63, 3.8) is 0 Å². The summed E-state index contributed by atoms with van der Waals surface area (Å²) in [6, 6.07) is 6.06. The zero-order valence-corrected chi connectivity index (χ0v) is 8.35. The van der Waals surface area contributed by atoms with Crippen molar-refractivity contribution < 1.29 is 9.18 Å². The Labute approximate surface area is 91.6 Å². The van der Waals surface area contributed by atoms with Crippen LogP contribution in [0.3, 0.4) is 0 Å². The molecular formula is C12H9FN2O. The van der Waals surface area contributed by atoms with E-state index in [1.54, 1.807) is 24.4 Å². The van der Waals surface area contributed by atoms with Gasteiger partial charge in [0, 0.05) is 11.1 Å². The lowest BCUT2D eigenvalue weighted by atomic mass is 10.1. The van der Waals surface area contributed by atoms with Crippen molar-refractivity contribution in [3.05, 3.63) is 47.9 Å². The molecule has 0 spiro atoms. The van der Waals surface area contributed by atoms with E-state index in [0.717, 1.165) is 16.8 Å². The van der Waals surface area contributed by atoms with Gasteiger partial charge in [0.1, 0.15) is 12.1 Å². The van der Waals surface area contributed by atoms with Gasteiger partial charge in [-0.1, -0.05) is 0 Å². The van der Waals surface area contributed by atoms with Crippen molar-refractivity contribution in [3.8, 4) is 11.3 Å². The van der Waals surface area contributed by atoms with E-state index in [-0.39, 0.29) is 5.82 Å². The molecule has 16 heavy (non-hydrogen) atoms. The van der Waals surface area contributed by atoms with Gasteiger partial charge in [0.15, 0.2) is 0 Å². The molecule has 0 saturated heterocycles. The topological polar surface area (TPSA) is 45.8 Å². The molecular weight excluding hydrogens is 207 g/mol. The van der Waals surface area contributed by atoms with Crippen LogP contribution in [0.15, 0.2) is 36.5 Å². The molecule has 1 heterocycles. The van der Waals surface area contributed by atoms with Crippen molar-refractivity contribution in [1.29, 1.82) is 0 Å². The molecule has 1 aromatic carbocycles. The fraction of sp³-hybridized carbons (Fsp3) is 0. The SMILES string of the molecule is O=CC=Cc1cn[nH]c1-c1ccc(F)cc1. The number of carbonyl (C=O) groups excluding carboxylic acids is 1. The molecule has 0 aliphatic rings. The van der Waals surface area contributed by atoms with Gasteiger partial charge in [-0.2, -0.15) is 5.10 Å². The minimum atomic E-state index is -0.284. The Bertz CT molecular complexity index is 514. The number of nitrogens with one attached hydrogen (secondary N) is 1. The van der Waals surface area contributed by atoms with Gasteiger partial charge in [-0.3, -0.25) is 9.89 Å². The van der Waals surface area contributed by atoms with Crippen LogP contribution >= 0.6 is 0 Å². The minimum absolute atomic E-state index is 0.284. The lowest BCUT2D eigenvalue weighted by Gasteiger charge is -1.99. The number of H-pyrrole nitrogens is 1. The van der Waals surface area contributed by atoms with Gasteiger partial charge in [-0.15, -0.1) is 0 Å². The predicted octanol–water partition coefficient (Wildman–Crippen LogP) is 2.43. The van der Waals surface area contributed by atoms with Crippen LogP contribution in [-0.2, 0) is 4.79 Å². The number of allylic oxidation sites excluding steroid dienone is 1. The maximum absolute atomic E-state index is 12.7. The first kappa shape index (κ1) is 10.3. The number of aldehydes is 1. The number of hydrogen-bond donors (Lipinski definition) is 1. The number of halogens is 1. The molecule has 0 saturated carbocycles. The molecule has 2 rings (SSSR count). The highest BCUT2D eigenvalue weighted by atomic mass is 19.1. The van der Waals surface area contributed by atoms with Crippen LogP contribution in [0, 0.1) is 5.82 Å². The van der Waals surface area contributed by atoms with Crippen molar-refractivity contribution >= 4 is 12.4 Å². The van der Waals surface area contributed by atoms with E-state index < -0.39 is 0 Å². The first-order valence-electron chi connectivity index (χ1n) is 4.72. The van der Waals surface area contributed by atoms with E-state index in [1.807, 2.05) is 0 Å². The minimum Gasteiger partial charge on any atom is -0.299 e. The highest BCUT2D eigenvalue weighted by Gasteiger charge is 2.04. The van der Waals surface area contributed by atoms with E-state index in [9.17, 15) is 9.18 Å². The highest BCUT2D eigenvalue weighted by molar-refractivity contribution is 5.79. The van der Waals surface area contributed by atoms with Gasteiger partial charge in [0.05, 0.1) is 11.9 Å². The van der Waals surface area contributed by atoms with Crippen molar-refractivity contribution in [2.75, 3.05) is 0 Å². The Hall–Kier alpha value is -2.23. The maximum Gasteiger partial charge on any atom is 0.142 e. The van der Waals surface area contributed by atoms with Gasteiger partial charge >= 0.3 is 0 Å². The van der Waals surface area contributed by atoms with Crippen LogP contribution in [0.5, 0.6) is 0 Å². The number of carbonyl (C=O) groups is 1. The fourth-order valence-corrected chi connectivity index (χ4v) is 1.41. The van der Waals surface area contributed by atoms with E-state index >= 15 is 0 Å². The number of aromatic nitrogens is 2. The molecule has 0 fully saturated rings. The van der Waals surface area contributed by atoms with Crippen LogP contribution in [0.25, 0.3) is 17.3 Å². The van der Waals surface area contributed by atoms with Crippen molar-refractivity contribution in [2.45, 2.75) is 0 Å². The second kappa shape index (κ2) is 4.53. The molecule has 0 atom stereocenters. The molecule has 0 aliphatic heterocycles. The quantitative estimate of drug-likeness (QED) is 0.632. The first-order valence-corrected chi connectivity index (χ1v) is 4.72. The Morgan fingerprint density at radius 1 is 1.25 bits per heavy atom. The Morgan fingerprint density at radius 3 is 2.69 bits per heavy atom. The highest BCUT2D eigenvalue weighted by Crippen LogP contribution is 2.22. The molecule has 0 radical (unpaired) electrons. The lowest BCUT2D eigenvalue weighted by molar-refractivity contribution is -0.104. The first-order chi connectivity index (χ1) is 7.81. The van der Waals surface area contributed by atoms with Crippen molar-refractivity contribution in [1.82, 2.24) is 10.2 Å². The summed E-state index contributed by atoms with van der Waals surface area (Å²) in [6.07, 6.45) is 5.34. The molecule has 0 unspecified atom stereocenters. The zero-order valence-electron chi connectivity index (χ0n) is 8.35. The second-order valence-electron chi connectivity index (χ2n) is 3.20. The molecule has 2 aromatic rings. The zero-order chi connectivity index (χ0) is 11.4. The number of hydrogen-bond acceptors (Lipinski definition) is 2. The average molecular weight is 216 g/mol. The number of rotatable bonds is 3. The summed E-state index contributed by atoms with van der Waals surface area (Å²) in [6.45, 7) is 0. The molecule has 3 nitrogen and oxygen atoms in total. The second-order valence-corrected chi connectivity index (χ2v) is 3.20. The van der Waals surface area contributed by atoms with Gasteiger partial charge in [0.2, 0.25) is 0 Å². The van der Waals surface area contributed by atoms with Crippen LogP contribution in [0.1, 0.15) is 5.56 Å². The van der Waals surface area contributed by atoms with Crippen LogP contribution in [0.4, 0.5) is 4.39 Å². The molecule has 1 N–H and O–H groups in total. The summed E-state index contributed by atoms with van der Waals surface area (Å²) in [4.78, 5) is 10.2. The van der Waals surface area contributed by atoms with Gasteiger partial charge in [-0.05, 0) is 36.4 Å². The molecule has 0 amide bonds. The summed E-state index contributed by atoms with van der Waals surface area (Å²) in [7, 11) is 0. The number of nitrogens with zero attached hydrogens (tertiary/aromatic N) is 1. The number of aromatic amines is 1. The Morgan fingerprint density at radius 2 is 2.00 bits per heavy atom. The summed E-state index contributed by atoms with van der Waals surface area (Å²) in [5.74, 6) is -0.284. The van der Waals surface area contributed by atoms with E-state index in [4.69, 9.17) is 0 Å². The normalized spacial score (nSPS) is 10.8. The summed E-state index contributed by atoms with van der Waals surface area (Å²) >= 11 is 0. The molecule has 80 valence electrons. The lowest BCUT2D eigenvalue weighted by Crippen LogP contribution is -1.82. The van der Waals surface area contributed by atoms with Gasteiger partial charge < -0.3 is 0 Å². The summed E-state index contributed by atoms with van der Waals surface area (Å²) < 4.78 is 12.7. The van der Waals surface area contributed by atoms with E-state index in [1.165, 1.54) is 18.2 Å². The smallest absolute Gasteiger partial charge is 0.142 e. The third-order valence-corrected chi connectivity index (χ3v) is 2.16. The van der Waals surface area contributed by atoms with E-state index in [0.29, 0.717) is 6.29 Å². The van der Waals surface area contributed by atoms with Gasteiger partial charge in [0.25, 0.3) is 0 Å². The average Bonchev–Trinajstić information content (AvgIpc) is 2.75. The maximum atomic E-state index is 12.7. The van der Waals surface area contributed by atoms with Crippen LogP contribution in [0.2, 0.25) is 0 Å². The molecule has 4 heteroatoms. The summed E-state index contributed by atoms with van der Waals surface area (Å²) in [5, 5.41) is 6.70. The Balaban J connectivity index is 2.40.